The average molecular weight is 476 g/mol. The highest BCUT2D eigenvalue weighted by Crippen LogP contribution is 2.54. The lowest BCUT2D eigenvalue weighted by atomic mass is 9.74. The molecule has 1 aromatic carbocycles. The number of aromatic amines is 1. The number of alkyl halides is 7. The first kappa shape index (κ1) is 23.3. The van der Waals surface area contributed by atoms with Gasteiger partial charge in [0.15, 0.2) is 0 Å². The lowest BCUT2D eigenvalue weighted by molar-refractivity contribution is -0.348. The lowest BCUT2D eigenvalue weighted by Gasteiger charge is -2.34. The summed E-state index contributed by atoms with van der Waals surface area (Å²) < 4.78 is 93.1. The van der Waals surface area contributed by atoms with Crippen LogP contribution in [0.25, 0.3) is 0 Å². The van der Waals surface area contributed by atoms with Crippen LogP contribution in [0.15, 0.2) is 41.3 Å². The Kier molecular flexibility index (Phi) is 5.57. The summed E-state index contributed by atoms with van der Waals surface area (Å²) in [6.07, 6.45) is -9.26. The van der Waals surface area contributed by atoms with Crippen molar-refractivity contribution in [3.63, 3.8) is 0 Å². The molecular weight excluding hydrogens is 457 g/mol. The van der Waals surface area contributed by atoms with Crippen LogP contribution >= 0.6 is 0 Å². The highest BCUT2D eigenvalue weighted by Gasteiger charge is 2.73. The van der Waals surface area contributed by atoms with Gasteiger partial charge in [0, 0.05) is 29.4 Å². The molecule has 178 valence electrons. The van der Waals surface area contributed by atoms with Crippen molar-refractivity contribution in [1.29, 1.82) is 0 Å². The van der Waals surface area contributed by atoms with Gasteiger partial charge in [0.25, 0.3) is 5.91 Å². The highest BCUT2D eigenvalue weighted by molar-refractivity contribution is 5.94. The summed E-state index contributed by atoms with van der Waals surface area (Å²) in [5.74, 6) is -0.696. The maximum absolute atomic E-state index is 14.4. The molecule has 0 radical (unpaired) electrons. The minimum Gasteiger partial charge on any atom is -0.349 e. The Bertz CT molecular complexity index is 1110. The van der Waals surface area contributed by atoms with Gasteiger partial charge in [-0.2, -0.15) is 26.3 Å². The zero-order chi connectivity index (χ0) is 24.2. The molecule has 0 aliphatic heterocycles. The molecule has 1 saturated carbocycles. The second kappa shape index (κ2) is 7.88. The first-order valence-electron chi connectivity index (χ1n) is 10.3. The molecule has 2 aliphatic rings. The SMILES string of the molecule is O=C(N[C@@H]1CCC2c3ccc(C(F)(C(F)(F)F)C(F)(F)F)cc3CCC21)c1cc[nH]c(=O)c1. The van der Waals surface area contributed by atoms with E-state index in [2.05, 4.69) is 10.3 Å². The maximum atomic E-state index is 14.4. The summed E-state index contributed by atoms with van der Waals surface area (Å²) >= 11 is 0. The number of hydrogen-bond acceptors (Lipinski definition) is 2. The van der Waals surface area contributed by atoms with Gasteiger partial charge in [-0.1, -0.05) is 18.2 Å². The molecule has 4 rings (SSSR count). The Labute approximate surface area is 183 Å². The standard InChI is InChI=1S/C22H19F7N2O2/c23-20(21(24,25)26,22(27,28)29)13-2-4-14-11(9-13)1-3-16-15(14)5-6-17(16)31-19(33)12-7-8-30-18(32)10-12/h2,4,7-10,15-17H,1,3,5-6H2,(H,30,32)(H,31,33)/t15?,16?,17-/m1/s1. The molecule has 1 amide bonds. The van der Waals surface area contributed by atoms with E-state index in [1.807, 2.05) is 0 Å². The van der Waals surface area contributed by atoms with E-state index < -0.39 is 35.1 Å². The molecule has 0 bridgehead atoms. The number of hydrogen-bond donors (Lipinski definition) is 2. The molecule has 3 atom stereocenters. The number of halogens is 7. The molecule has 2 aliphatic carbocycles. The van der Waals surface area contributed by atoms with Crippen molar-refractivity contribution in [2.45, 2.75) is 55.7 Å². The van der Waals surface area contributed by atoms with Gasteiger partial charge in [-0.25, -0.2) is 4.39 Å². The van der Waals surface area contributed by atoms with Crippen molar-refractivity contribution >= 4 is 5.91 Å². The van der Waals surface area contributed by atoms with Gasteiger partial charge in [-0.15, -0.1) is 0 Å². The van der Waals surface area contributed by atoms with Gasteiger partial charge in [0.2, 0.25) is 5.56 Å². The molecule has 2 unspecified atom stereocenters. The number of H-pyrrole nitrogens is 1. The van der Waals surface area contributed by atoms with E-state index in [1.165, 1.54) is 12.3 Å². The Morgan fingerprint density at radius 1 is 0.939 bits per heavy atom. The van der Waals surface area contributed by atoms with E-state index >= 15 is 0 Å². The minimum atomic E-state index is -6.15. The minimum absolute atomic E-state index is 0.0744. The number of rotatable bonds is 3. The predicted molar refractivity (Wildman–Crippen MR) is 103 cm³/mol. The summed E-state index contributed by atoms with van der Waals surface area (Å²) in [5, 5.41) is 2.88. The number of nitrogens with one attached hydrogen (secondary N) is 2. The second-order valence-corrected chi connectivity index (χ2v) is 8.48. The summed E-state index contributed by atoms with van der Waals surface area (Å²) in [7, 11) is 0. The fraction of sp³-hybridized carbons (Fsp3) is 0.455. The molecule has 0 saturated heterocycles. The Balaban J connectivity index is 1.58. The number of carbonyl (C=O) groups is 1. The Morgan fingerprint density at radius 2 is 1.64 bits per heavy atom. The van der Waals surface area contributed by atoms with Crippen LogP contribution in [0.1, 0.15) is 52.2 Å². The molecule has 11 heteroatoms. The van der Waals surface area contributed by atoms with Crippen LogP contribution in [0.4, 0.5) is 30.7 Å². The third kappa shape index (κ3) is 3.91. The van der Waals surface area contributed by atoms with Crippen molar-refractivity contribution in [2.75, 3.05) is 0 Å². The zero-order valence-electron chi connectivity index (χ0n) is 17.0. The van der Waals surface area contributed by atoms with E-state index in [0.717, 1.165) is 12.1 Å². The van der Waals surface area contributed by atoms with Crippen LogP contribution in [0.3, 0.4) is 0 Å². The van der Waals surface area contributed by atoms with Crippen molar-refractivity contribution < 1.29 is 35.5 Å². The summed E-state index contributed by atoms with van der Waals surface area (Å²) in [4.78, 5) is 26.3. The van der Waals surface area contributed by atoms with Crippen LogP contribution in [-0.4, -0.2) is 29.3 Å². The molecule has 0 spiro atoms. The number of carbonyl (C=O) groups excluding carboxylic acids is 1. The van der Waals surface area contributed by atoms with Gasteiger partial charge in [-0.05, 0) is 54.7 Å². The van der Waals surface area contributed by atoms with E-state index in [-0.39, 0.29) is 35.4 Å². The third-order valence-corrected chi connectivity index (χ3v) is 6.64. The quantitative estimate of drug-likeness (QED) is 0.619. The Morgan fingerprint density at radius 3 is 2.27 bits per heavy atom. The zero-order valence-corrected chi connectivity index (χ0v) is 17.0. The smallest absolute Gasteiger partial charge is 0.349 e. The van der Waals surface area contributed by atoms with Crippen molar-refractivity contribution in [3.8, 4) is 0 Å². The first-order valence-corrected chi connectivity index (χ1v) is 10.3. The second-order valence-electron chi connectivity index (χ2n) is 8.48. The summed E-state index contributed by atoms with van der Waals surface area (Å²) in [6, 6.07) is 4.73. The van der Waals surface area contributed by atoms with Gasteiger partial charge < -0.3 is 10.3 Å². The number of fused-ring (bicyclic) bond motifs is 3. The molecule has 2 aromatic rings. The average Bonchev–Trinajstić information content (AvgIpc) is 3.14. The summed E-state index contributed by atoms with van der Waals surface area (Å²) in [5.41, 5.74) is -6.35. The number of aryl methyl sites for hydroxylation is 1. The van der Waals surface area contributed by atoms with Gasteiger partial charge in [0.05, 0.1) is 0 Å². The fourth-order valence-corrected chi connectivity index (χ4v) is 5.08. The van der Waals surface area contributed by atoms with Crippen LogP contribution < -0.4 is 10.9 Å². The van der Waals surface area contributed by atoms with Crippen molar-refractivity contribution in [2.24, 2.45) is 5.92 Å². The van der Waals surface area contributed by atoms with E-state index in [9.17, 15) is 40.3 Å². The van der Waals surface area contributed by atoms with Gasteiger partial charge in [-0.3, -0.25) is 9.59 Å². The molecule has 1 aromatic heterocycles. The number of pyridine rings is 1. The monoisotopic (exact) mass is 476 g/mol. The van der Waals surface area contributed by atoms with Crippen LogP contribution in [0.2, 0.25) is 0 Å². The molecule has 33 heavy (non-hydrogen) atoms. The molecule has 1 heterocycles. The lowest BCUT2D eigenvalue weighted by Crippen LogP contribution is -2.50. The van der Waals surface area contributed by atoms with Crippen LogP contribution in [0, 0.1) is 5.92 Å². The molecular formula is C22H19F7N2O2. The predicted octanol–water partition coefficient (Wildman–Crippen LogP) is 4.90. The van der Waals surface area contributed by atoms with Crippen molar-refractivity contribution in [1.82, 2.24) is 10.3 Å². The largest absolute Gasteiger partial charge is 0.435 e. The van der Waals surface area contributed by atoms with Crippen LogP contribution in [0.5, 0.6) is 0 Å². The molecule has 4 nitrogen and oxygen atoms in total. The third-order valence-electron chi connectivity index (χ3n) is 6.64. The maximum Gasteiger partial charge on any atom is 0.435 e. The number of amides is 1. The van der Waals surface area contributed by atoms with E-state index in [4.69, 9.17) is 0 Å². The number of benzene rings is 1. The molecule has 2 N–H and O–H groups in total. The first-order chi connectivity index (χ1) is 15.3. The fourth-order valence-electron chi connectivity index (χ4n) is 5.08. The van der Waals surface area contributed by atoms with Gasteiger partial charge >= 0.3 is 18.0 Å². The highest BCUT2D eigenvalue weighted by atomic mass is 19.4. The topological polar surface area (TPSA) is 62.0 Å². The van der Waals surface area contributed by atoms with E-state index in [0.29, 0.717) is 37.0 Å². The van der Waals surface area contributed by atoms with E-state index in [1.54, 1.807) is 0 Å². The van der Waals surface area contributed by atoms with Gasteiger partial charge in [0.1, 0.15) is 0 Å². The van der Waals surface area contributed by atoms with Crippen molar-refractivity contribution in [3.05, 3.63) is 69.1 Å². The summed E-state index contributed by atoms with van der Waals surface area (Å²) in [6.45, 7) is 0. The normalized spacial score (nSPS) is 23.1. The Hall–Kier alpha value is -2.85. The van der Waals surface area contributed by atoms with Crippen LogP contribution in [-0.2, 0) is 12.1 Å². The molecule has 1 fully saturated rings. The number of aromatic nitrogens is 1.